The molecule has 0 amide bonds. The first kappa shape index (κ1) is 18.2. The van der Waals surface area contributed by atoms with Gasteiger partial charge in [0.2, 0.25) is 10.0 Å². The van der Waals surface area contributed by atoms with Crippen molar-refractivity contribution in [2.75, 3.05) is 17.6 Å². The van der Waals surface area contributed by atoms with Crippen LogP contribution in [0.25, 0.3) is 0 Å². The van der Waals surface area contributed by atoms with Crippen molar-refractivity contribution in [2.24, 2.45) is 0 Å². The minimum Gasteiger partial charge on any atom is -0.478 e. The number of rotatable bonds is 6. The molecule has 0 aliphatic carbocycles. The van der Waals surface area contributed by atoms with E-state index in [2.05, 4.69) is 0 Å². The van der Waals surface area contributed by atoms with Crippen LogP contribution < -0.4 is 4.72 Å². The predicted octanol–water partition coefficient (Wildman–Crippen LogP) is 2.18. The summed E-state index contributed by atoms with van der Waals surface area (Å²) < 4.78 is 68.4. The lowest BCUT2D eigenvalue weighted by Gasteiger charge is -2.14. The van der Waals surface area contributed by atoms with Gasteiger partial charge in [0.1, 0.15) is 0 Å². The van der Waals surface area contributed by atoms with Crippen LogP contribution in [-0.2, 0) is 20.9 Å². The number of hydrogen-bond acceptors (Lipinski definition) is 4. The number of benzene rings is 1. The van der Waals surface area contributed by atoms with E-state index in [0.717, 1.165) is 6.07 Å². The van der Waals surface area contributed by atoms with Gasteiger partial charge >= 0.3 is 12.1 Å². The summed E-state index contributed by atoms with van der Waals surface area (Å²) in [6.45, 7) is 1.47. The summed E-state index contributed by atoms with van der Waals surface area (Å²) in [7, 11) is -2.70. The van der Waals surface area contributed by atoms with E-state index in [1.54, 1.807) is 0 Å². The van der Waals surface area contributed by atoms with Gasteiger partial charge in [-0.2, -0.15) is 13.2 Å². The van der Waals surface area contributed by atoms with Crippen LogP contribution in [0.1, 0.15) is 22.8 Å². The van der Waals surface area contributed by atoms with Crippen molar-refractivity contribution in [1.82, 2.24) is 0 Å². The van der Waals surface area contributed by atoms with Gasteiger partial charge in [0, 0.05) is 12.8 Å². The topological polar surface area (TPSA) is 92.7 Å². The number of sulfonamides is 1. The molecule has 0 heterocycles. The lowest BCUT2D eigenvalue weighted by Crippen LogP contribution is -2.25. The third-order valence-corrected chi connectivity index (χ3v) is 4.09. The van der Waals surface area contributed by atoms with Gasteiger partial charge in [-0.25, -0.2) is 13.2 Å². The summed E-state index contributed by atoms with van der Waals surface area (Å²) in [6, 6.07) is 1.77. The fraction of sp³-hybridized carbons (Fsp3) is 0.417. The van der Waals surface area contributed by atoms with E-state index in [1.165, 1.54) is 14.0 Å². The maximum absolute atomic E-state index is 12.7. The lowest BCUT2D eigenvalue weighted by atomic mass is 10.1. The first-order valence-corrected chi connectivity index (χ1v) is 7.58. The molecule has 1 unspecified atom stereocenters. The fourth-order valence-electron chi connectivity index (χ4n) is 1.57. The molecule has 22 heavy (non-hydrogen) atoms. The highest BCUT2D eigenvalue weighted by Crippen LogP contribution is 2.32. The highest BCUT2D eigenvalue weighted by molar-refractivity contribution is 7.92. The van der Waals surface area contributed by atoms with Crippen molar-refractivity contribution in [3.63, 3.8) is 0 Å². The number of methoxy groups -OCH3 is 1. The molecule has 1 aromatic carbocycles. The number of nitrogens with one attached hydrogen (secondary N) is 1. The van der Waals surface area contributed by atoms with Gasteiger partial charge < -0.3 is 9.84 Å². The van der Waals surface area contributed by atoms with E-state index in [0.29, 0.717) is 12.1 Å². The van der Waals surface area contributed by atoms with Crippen LogP contribution in [0.4, 0.5) is 18.9 Å². The average molecular weight is 341 g/mol. The molecule has 1 aromatic rings. The molecule has 6 nitrogen and oxygen atoms in total. The third-order valence-electron chi connectivity index (χ3n) is 2.64. The third kappa shape index (κ3) is 5.19. The van der Waals surface area contributed by atoms with E-state index >= 15 is 0 Å². The molecular formula is C12H14F3NO5S. The number of hydrogen-bond donors (Lipinski definition) is 2. The van der Waals surface area contributed by atoms with Gasteiger partial charge in [-0.05, 0) is 25.1 Å². The number of aromatic carboxylic acids is 1. The van der Waals surface area contributed by atoms with E-state index < -0.39 is 50.8 Å². The standard InChI is InChI=1S/C12H14F3NO5S/c1-7(21-2)6-22(19,20)16-10-4-8(11(17)18)3-9(5-10)12(13,14)15/h3-5,7,16H,6H2,1-2H3,(H,17,18). The maximum Gasteiger partial charge on any atom is 0.416 e. The number of ether oxygens (including phenoxy) is 1. The fourth-order valence-corrected chi connectivity index (χ4v) is 2.89. The van der Waals surface area contributed by atoms with E-state index in [4.69, 9.17) is 9.84 Å². The molecule has 0 aromatic heterocycles. The second-order valence-corrected chi connectivity index (χ2v) is 6.30. The Kier molecular flexibility index (Phi) is 5.41. The van der Waals surface area contributed by atoms with Crippen LogP contribution in [0.5, 0.6) is 0 Å². The Labute approximate surface area is 124 Å². The predicted molar refractivity (Wildman–Crippen MR) is 72.3 cm³/mol. The molecule has 0 spiro atoms. The number of anilines is 1. The Morgan fingerprint density at radius 3 is 2.41 bits per heavy atom. The van der Waals surface area contributed by atoms with Crippen LogP contribution in [0.15, 0.2) is 18.2 Å². The van der Waals surface area contributed by atoms with Crippen molar-refractivity contribution >= 4 is 21.7 Å². The van der Waals surface area contributed by atoms with Crippen LogP contribution in [0.2, 0.25) is 0 Å². The number of alkyl halides is 3. The van der Waals surface area contributed by atoms with Crippen molar-refractivity contribution in [1.29, 1.82) is 0 Å². The number of carboxylic acids is 1. The van der Waals surface area contributed by atoms with Crippen LogP contribution in [0, 0.1) is 0 Å². The van der Waals surface area contributed by atoms with Gasteiger partial charge in [0.15, 0.2) is 0 Å². The highest BCUT2D eigenvalue weighted by Gasteiger charge is 2.32. The molecule has 0 radical (unpaired) electrons. The summed E-state index contributed by atoms with van der Waals surface area (Å²) >= 11 is 0. The highest BCUT2D eigenvalue weighted by atomic mass is 32.2. The van der Waals surface area contributed by atoms with Gasteiger partial charge in [0.25, 0.3) is 0 Å². The second-order valence-electron chi connectivity index (χ2n) is 4.53. The zero-order valence-electron chi connectivity index (χ0n) is 11.6. The lowest BCUT2D eigenvalue weighted by molar-refractivity contribution is -0.137. The van der Waals surface area contributed by atoms with Gasteiger partial charge in [-0.1, -0.05) is 0 Å². The van der Waals surface area contributed by atoms with Crippen molar-refractivity contribution < 1.29 is 36.2 Å². The Hall–Kier alpha value is -1.81. The molecule has 0 fully saturated rings. The number of carbonyl (C=O) groups is 1. The largest absolute Gasteiger partial charge is 0.478 e. The molecule has 0 saturated heterocycles. The Morgan fingerprint density at radius 1 is 1.36 bits per heavy atom. The summed E-state index contributed by atoms with van der Waals surface area (Å²) in [4.78, 5) is 10.9. The summed E-state index contributed by atoms with van der Waals surface area (Å²) in [5, 5.41) is 8.82. The minimum atomic E-state index is -4.80. The zero-order chi connectivity index (χ0) is 17.1. The first-order chi connectivity index (χ1) is 9.94. The normalized spacial score (nSPS) is 13.7. The quantitative estimate of drug-likeness (QED) is 0.827. The molecule has 0 aliphatic rings. The van der Waals surface area contributed by atoms with E-state index in [9.17, 15) is 26.4 Å². The Bertz CT molecular complexity index is 657. The van der Waals surface area contributed by atoms with Gasteiger partial charge in [-0.15, -0.1) is 0 Å². The van der Waals surface area contributed by atoms with Crippen molar-refractivity contribution in [2.45, 2.75) is 19.2 Å². The SMILES string of the molecule is COC(C)CS(=O)(=O)Nc1cc(C(=O)O)cc(C(F)(F)F)c1. The van der Waals surface area contributed by atoms with Crippen LogP contribution >= 0.6 is 0 Å². The second kappa shape index (κ2) is 6.53. The molecule has 2 N–H and O–H groups in total. The van der Waals surface area contributed by atoms with Crippen molar-refractivity contribution in [3.8, 4) is 0 Å². The maximum atomic E-state index is 12.7. The molecule has 0 bridgehead atoms. The summed E-state index contributed by atoms with van der Waals surface area (Å²) in [5.41, 5.74) is -2.41. The molecule has 1 atom stereocenters. The average Bonchev–Trinajstić information content (AvgIpc) is 2.35. The monoisotopic (exact) mass is 341 g/mol. The first-order valence-electron chi connectivity index (χ1n) is 5.93. The Morgan fingerprint density at radius 2 is 1.95 bits per heavy atom. The van der Waals surface area contributed by atoms with Crippen molar-refractivity contribution in [3.05, 3.63) is 29.3 Å². The molecular weight excluding hydrogens is 327 g/mol. The Balaban J connectivity index is 3.19. The molecule has 1 rings (SSSR count). The van der Waals surface area contributed by atoms with Gasteiger partial charge in [0.05, 0.1) is 23.0 Å². The summed E-state index contributed by atoms with van der Waals surface area (Å²) in [6.07, 6.45) is -5.48. The van der Waals surface area contributed by atoms with E-state index in [1.807, 2.05) is 4.72 Å². The van der Waals surface area contributed by atoms with E-state index in [-0.39, 0.29) is 0 Å². The number of carboxylic acid groups (broad SMARTS) is 1. The molecule has 10 heteroatoms. The molecule has 0 aliphatic heterocycles. The van der Waals surface area contributed by atoms with Gasteiger partial charge in [-0.3, -0.25) is 4.72 Å². The zero-order valence-corrected chi connectivity index (χ0v) is 12.5. The minimum absolute atomic E-state index is 0.428. The smallest absolute Gasteiger partial charge is 0.416 e. The summed E-state index contributed by atoms with van der Waals surface area (Å²) in [5.74, 6) is -2.08. The molecule has 124 valence electrons. The number of halogens is 3. The van der Waals surface area contributed by atoms with Crippen LogP contribution in [0.3, 0.4) is 0 Å². The molecule has 0 saturated carbocycles. The van der Waals surface area contributed by atoms with Crippen LogP contribution in [-0.4, -0.2) is 38.5 Å².